The van der Waals surface area contributed by atoms with Crippen LogP contribution in [-0.2, 0) is 38.1 Å². The summed E-state index contributed by atoms with van der Waals surface area (Å²) in [6.07, 6.45) is 28.5. The van der Waals surface area contributed by atoms with Crippen LogP contribution in [0.2, 0.25) is 0 Å². The molecule has 0 N–H and O–H groups in total. The molecule has 44 heavy (non-hydrogen) atoms. The van der Waals surface area contributed by atoms with E-state index in [2.05, 4.69) is 25.3 Å². The Bertz CT molecular complexity index is 830. The van der Waals surface area contributed by atoms with Gasteiger partial charge in [-0.3, -0.25) is 9.59 Å². The lowest BCUT2D eigenvalue weighted by Gasteiger charge is -2.05. The van der Waals surface area contributed by atoms with Crippen molar-refractivity contribution < 1.29 is 38.1 Å². The van der Waals surface area contributed by atoms with E-state index in [0.717, 1.165) is 108 Å². The van der Waals surface area contributed by atoms with E-state index >= 15 is 0 Å². The third-order valence-electron chi connectivity index (χ3n) is 6.71. The van der Waals surface area contributed by atoms with Crippen molar-refractivity contribution in [1.29, 1.82) is 0 Å². The summed E-state index contributed by atoms with van der Waals surface area (Å²) in [4.78, 5) is 46.7. The molecule has 0 aliphatic heterocycles. The topological polar surface area (TPSA) is 105 Å². The Morgan fingerprint density at radius 2 is 0.750 bits per heavy atom. The van der Waals surface area contributed by atoms with E-state index in [1.807, 2.05) is 6.08 Å². The highest BCUT2D eigenvalue weighted by atomic mass is 16.5. The molecule has 0 aromatic carbocycles. The smallest absolute Gasteiger partial charge is 0.331 e. The van der Waals surface area contributed by atoms with Gasteiger partial charge in [-0.05, 0) is 64.2 Å². The van der Waals surface area contributed by atoms with E-state index in [0.29, 0.717) is 26.4 Å². The van der Waals surface area contributed by atoms with E-state index in [4.69, 9.17) is 18.9 Å². The number of allylic oxidation sites excluding steroid dienone is 4. The summed E-state index contributed by atoms with van der Waals surface area (Å²) in [7, 11) is 0. The number of hydrogen-bond donors (Lipinski definition) is 0. The van der Waals surface area contributed by atoms with Gasteiger partial charge in [0.1, 0.15) is 0 Å². The Hall–Kier alpha value is -3.16. The fourth-order valence-electron chi connectivity index (χ4n) is 4.13. The second-order valence-electron chi connectivity index (χ2n) is 10.8. The van der Waals surface area contributed by atoms with Gasteiger partial charge in [0.05, 0.1) is 39.3 Å². The standard InChI is InChI=1S/C36H58O8/c1-3-5-7-8-9-15-18-22-30-42-35(39)27-28-36(40)44-32-24-20-17-14-12-10-11-13-16-19-23-31-43-34(38)26-25-33(37)41-29-21-6-4-2/h3-4,13,16,27-28H,1-2,5-12,14-15,17-26,29-32H2/b16-13+,28-27+. The van der Waals surface area contributed by atoms with Crippen LogP contribution in [0.4, 0.5) is 0 Å². The number of ether oxygens (including phenoxy) is 4. The lowest BCUT2D eigenvalue weighted by molar-refractivity contribution is -0.150. The van der Waals surface area contributed by atoms with Crippen LogP contribution >= 0.6 is 0 Å². The molecule has 8 heteroatoms. The van der Waals surface area contributed by atoms with Crippen LogP contribution in [0.1, 0.15) is 128 Å². The minimum absolute atomic E-state index is 0.0502. The summed E-state index contributed by atoms with van der Waals surface area (Å²) in [6, 6.07) is 0. The van der Waals surface area contributed by atoms with Crippen molar-refractivity contribution in [2.75, 3.05) is 26.4 Å². The Balaban J connectivity index is 3.48. The highest BCUT2D eigenvalue weighted by Gasteiger charge is 2.08. The number of carbonyl (C=O) groups excluding carboxylic acids is 4. The van der Waals surface area contributed by atoms with Gasteiger partial charge in [-0.1, -0.05) is 75.7 Å². The molecule has 0 aromatic heterocycles. The van der Waals surface area contributed by atoms with Crippen molar-refractivity contribution in [1.82, 2.24) is 0 Å². The van der Waals surface area contributed by atoms with E-state index in [1.54, 1.807) is 6.08 Å². The van der Waals surface area contributed by atoms with E-state index in [9.17, 15) is 19.2 Å². The molecule has 0 radical (unpaired) electrons. The van der Waals surface area contributed by atoms with Crippen LogP contribution in [0.25, 0.3) is 0 Å². The monoisotopic (exact) mass is 618 g/mol. The van der Waals surface area contributed by atoms with Gasteiger partial charge in [0, 0.05) is 12.2 Å². The zero-order chi connectivity index (χ0) is 32.4. The lowest BCUT2D eigenvalue weighted by Crippen LogP contribution is -2.11. The average molecular weight is 619 g/mol. The first kappa shape index (κ1) is 40.8. The van der Waals surface area contributed by atoms with E-state index in [-0.39, 0.29) is 24.8 Å². The first-order chi connectivity index (χ1) is 21.5. The molecule has 8 nitrogen and oxygen atoms in total. The third-order valence-corrected chi connectivity index (χ3v) is 6.71. The molecule has 250 valence electrons. The first-order valence-corrected chi connectivity index (χ1v) is 16.7. The van der Waals surface area contributed by atoms with Crippen LogP contribution in [0.3, 0.4) is 0 Å². The third kappa shape index (κ3) is 31.8. The number of carbonyl (C=O) groups is 4. The van der Waals surface area contributed by atoms with Gasteiger partial charge in [-0.15, -0.1) is 13.2 Å². The molecule has 0 rings (SSSR count). The van der Waals surface area contributed by atoms with Gasteiger partial charge in [-0.25, -0.2) is 9.59 Å². The molecule has 0 saturated carbocycles. The second-order valence-corrected chi connectivity index (χ2v) is 10.8. The van der Waals surface area contributed by atoms with Crippen molar-refractivity contribution >= 4 is 23.9 Å². The maximum atomic E-state index is 11.7. The molecule has 0 unspecified atom stereocenters. The molecule has 0 atom stereocenters. The fourth-order valence-corrected chi connectivity index (χ4v) is 4.13. The van der Waals surface area contributed by atoms with Crippen molar-refractivity contribution in [3.63, 3.8) is 0 Å². The lowest BCUT2D eigenvalue weighted by atomic mass is 10.1. The normalized spacial score (nSPS) is 11.0. The average Bonchev–Trinajstić information content (AvgIpc) is 3.02. The molecule has 0 aliphatic rings. The molecular formula is C36H58O8. The van der Waals surface area contributed by atoms with Gasteiger partial charge in [-0.2, -0.15) is 0 Å². The summed E-state index contributed by atoms with van der Waals surface area (Å²) in [5.41, 5.74) is 0. The van der Waals surface area contributed by atoms with Crippen LogP contribution < -0.4 is 0 Å². The van der Waals surface area contributed by atoms with Crippen molar-refractivity contribution in [2.45, 2.75) is 128 Å². The molecule has 0 aromatic rings. The quantitative estimate of drug-likeness (QED) is 0.0251. The fraction of sp³-hybridized carbons (Fsp3) is 0.667. The Morgan fingerprint density at radius 3 is 1.23 bits per heavy atom. The van der Waals surface area contributed by atoms with Crippen LogP contribution in [0, 0.1) is 0 Å². The van der Waals surface area contributed by atoms with E-state index in [1.165, 1.54) is 19.3 Å². The van der Waals surface area contributed by atoms with Gasteiger partial charge in [0.2, 0.25) is 0 Å². The molecule has 0 saturated heterocycles. The first-order valence-electron chi connectivity index (χ1n) is 16.7. The second kappa shape index (κ2) is 32.7. The summed E-state index contributed by atoms with van der Waals surface area (Å²) in [5.74, 6) is -1.76. The van der Waals surface area contributed by atoms with Crippen molar-refractivity contribution in [2.24, 2.45) is 0 Å². The number of esters is 4. The number of hydrogen-bond acceptors (Lipinski definition) is 8. The SMILES string of the molecule is C=CCCCCCCCCOC(=O)/C=C/C(=O)OCCCCCCCC/C=C/CCCOC(=O)CCC(=O)OCCCC=C. The van der Waals surface area contributed by atoms with Crippen molar-refractivity contribution in [3.8, 4) is 0 Å². The summed E-state index contributed by atoms with van der Waals surface area (Å²) in [6.45, 7) is 8.76. The predicted molar refractivity (Wildman–Crippen MR) is 175 cm³/mol. The molecular weight excluding hydrogens is 560 g/mol. The predicted octanol–water partition coefficient (Wildman–Crippen LogP) is 8.45. The highest BCUT2D eigenvalue weighted by molar-refractivity contribution is 5.91. The molecule has 0 bridgehead atoms. The van der Waals surface area contributed by atoms with Crippen molar-refractivity contribution in [3.05, 3.63) is 49.6 Å². The summed E-state index contributed by atoms with van der Waals surface area (Å²) in [5, 5.41) is 0. The summed E-state index contributed by atoms with van der Waals surface area (Å²) < 4.78 is 20.5. The minimum atomic E-state index is -0.515. The van der Waals surface area contributed by atoms with Crippen LogP contribution in [-0.4, -0.2) is 50.3 Å². The zero-order valence-corrected chi connectivity index (χ0v) is 27.1. The highest BCUT2D eigenvalue weighted by Crippen LogP contribution is 2.09. The number of rotatable bonds is 31. The van der Waals surface area contributed by atoms with Gasteiger partial charge >= 0.3 is 23.9 Å². The maximum Gasteiger partial charge on any atom is 0.331 e. The largest absolute Gasteiger partial charge is 0.466 e. The minimum Gasteiger partial charge on any atom is -0.466 e. The van der Waals surface area contributed by atoms with Gasteiger partial charge < -0.3 is 18.9 Å². The molecule has 0 heterocycles. The maximum absolute atomic E-state index is 11.7. The number of unbranched alkanes of at least 4 members (excludes halogenated alkanes) is 14. The Labute approximate surface area is 266 Å². The molecule has 0 aliphatic carbocycles. The van der Waals surface area contributed by atoms with Gasteiger partial charge in [0.25, 0.3) is 0 Å². The summed E-state index contributed by atoms with van der Waals surface area (Å²) >= 11 is 0. The molecule has 0 amide bonds. The Morgan fingerprint density at radius 1 is 0.409 bits per heavy atom. The van der Waals surface area contributed by atoms with Crippen LogP contribution in [0.15, 0.2) is 49.6 Å². The van der Waals surface area contributed by atoms with Gasteiger partial charge in [0.15, 0.2) is 0 Å². The van der Waals surface area contributed by atoms with E-state index < -0.39 is 11.9 Å². The Kier molecular flexibility index (Phi) is 30.4. The molecule has 0 spiro atoms. The molecule has 0 fully saturated rings. The zero-order valence-electron chi connectivity index (χ0n) is 27.1. The van der Waals surface area contributed by atoms with Crippen LogP contribution in [0.5, 0.6) is 0 Å².